The maximum Gasteiger partial charge on any atom is 0.250 e. The maximum atomic E-state index is 11.5. The van der Waals surface area contributed by atoms with Crippen molar-refractivity contribution in [3.05, 3.63) is 23.8 Å². The molecule has 2 unspecified atom stereocenters. The molecule has 1 amide bonds. The number of piperidine rings is 1. The summed E-state index contributed by atoms with van der Waals surface area (Å²) in [6.45, 7) is 5.47. The van der Waals surface area contributed by atoms with Crippen LogP contribution in [-0.4, -0.2) is 42.5 Å². The normalized spacial score (nSPS) is 26.4. The summed E-state index contributed by atoms with van der Waals surface area (Å²) in [4.78, 5) is 16.4. The Labute approximate surface area is 125 Å². The minimum atomic E-state index is -0.460. The number of rotatable bonds is 2. The zero-order valence-corrected chi connectivity index (χ0v) is 12.6. The third-order valence-electron chi connectivity index (χ3n) is 4.85. The van der Waals surface area contributed by atoms with Crippen molar-refractivity contribution in [1.82, 2.24) is 4.90 Å². The molecule has 5 heteroatoms. The molecule has 2 aliphatic heterocycles. The van der Waals surface area contributed by atoms with Crippen LogP contribution in [0.3, 0.4) is 0 Å². The van der Waals surface area contributed by atoms with E-state index in [1.54, 1.807) is 6.07 Å². The fraction of sp³-hybridized carbons (Fsp3) is 0.562. The van der Waals surface area contributed by atoms with Crippen molar-refractivity contribution in [3.63, 3.8) is 0 Å². The van der Waals surface area contributed by atoms with Crippen LogP contribution in [0.5, 0.6) is 0 Å². The Morgan fingerprint density at radius 2 is 2.10 bits per heavy atom. The predicted molar refractivity (Wildman–Crippen MR) is 85.4 cm³/mol. The fourth-order valence-corrected chi connectivity index (χ4v) is 3.71. The summed E-state index contributed by atoms with van der Waals surface area (Å²) in [5.74, 6) is -0.460. The van der Waals surface area contributed by atoms with Crippen molar-refractivity contribution in [3.8, 4) is 0 Å². The lowest BCUT2D eigenvalue weighted by Crippen LogP contribution is -2.59. The minimum Gasteiger partial charge on any atom is -0.396 e. The molecule has 21 heavy (non-hydrogen) atoms. The first-order chi connectivity index (χ1) is 10.1. The van der Waals surface area contributed by atoms with Gasteiger partial charge in [0.15, 0.2) is 0 Å². The summed E-state index contributed by atoms with van der Waals surface area (Å²) in [5.41, 5.74) is 13.5. The van der Waals surface area contributed by atoms with Gasteiger partial charge in [0.25, 0.3) is 5.91 Å². The molecule has 1 aromatic carbocycles. The number of amides is 1. The van der Waals surface area contributed by atoms with Crippen molar-refractivity contribution >= 4 is 17.3 Å². The number of anilines is 2. The second-order valence-electron chi connectivity index (χ2n) is 6.25. The number of nitrogens with zero attached hydrogens (tertiary/aromatic N) is 2. The van der Waals surface area contributed by atoms with Gasteiger partial charge in [0.1, 0.15) is 0 Å². The molecule has 0 bridgehead atoms. The fourth-order valence-electron chi connectivity index (χ4n) is 3.71. The number of nitrogens with two attached hydrogens (primary N) is 2. The van der Waals surface area contributed by atoms with E-state index in [4.69, 9.17) is 11.5 Å². The number of piperazine rings is 1. The number of carbonyl (C=O) groups is 1. The van der Waals surface area contributed by atoms with E-state index >= 15 is 0 Å². The van der Waals surface area contributed by atoms with Gasteiger partial charge in [0.2, 0.25) is 0 Å². The van der Waals surface area contributed by atoms with Crippen molar-refractivity contribution in [2.45, 2.75) is 38.3 Å². The van der Waals surface area contributed by atoms with Gasteiger partial charge in [-0.2, -0.15) is 0 Å². The molecule has 0 aliphatic carbocycles. The molecule has 2 heterocycles. The lowest BCUT2D eigenvalue weighted by atomic mass is 9.96. The third-order valence-corrected chi connectivity index (χ3v) is 4.85. The van der Waals surface area contributed by atoms with Crippen LogP contribution in [0.1, 0.15) is 36.5 Å². The van der Waals surface area contributed by atoms with E-state index in [-0.39, 0.29) is 0 Å². The number of hydrogen-bond acceptors (Lipinski definition) is 4. The quantitative estimate of drug-likeness (QED) is 0.807. The zero-order chi connectivity index (χ0) is 15.0. The van der Waals surface area contributed by atoms with Gasteiger partial charge in [0.05, 0.1) is 16.9 Å². The van der Waals surface area contributed by atoms with E-state index in [0.29, 0.717) is 23.3 Å². The van der Waals surface area contributed by atoms with E-state index in [2.05, 4.69) is 16.7 Å². The Balaban J connectivity index is 1.89. The van der Waals surface area contributed by atoms with Crippen LogP contribution in [-0.2, 0) is 0 Å². The Morgan fingerprint density at radius 1 is 1.29 bits per heavy atom. The van der Waals surface area contributed by atoms with E-state index in [1.807, 2.05) is 12.1 Å². The van der Waals surface area contributed by atoms with Gasteiger partial charge in [0, 0.05) is 25.2 Å². The van der Waals surface area contributed by atoms with Crippen LogP contribution in [0.15, 0.2) is 18.2 Å². The largest absolute Gasteiger partial charge is 0.396 e. The average molecular weight is 288 g/mol. The number of carbonyl (C=O) groups excluding carboxylic acids is 1. The Bertz CT molecular complexity index is 545. The Kier molecular flexibility index (Phi) is 3.76. The number of benzene rings is 1. The monoisotopic (exact) mass is 288 g/mol. The molecule has 2 saturated heterocycles. The number of hydrogen-bond donors (Lipinski definition) is 2. The van der Waals surface area contributed by atoms with E-state index < -0.39 is 5.91 Å². The highest BCUT2D eigenvalue weighted by Gasteiger charge is 2.33. The molecule has 2 fully saturated rings. The topological polar surface area (TPSA) is 75.6 Å². The number of primary amides is 1. The maximum absolute atomic E-state index is 11.5. The van der Waals surface area contributed by atoms with Crippen LogP contribution in [0.2, 0.25) is 0 Å². The van der Waals surface area contributed by atoms with Crippen LogP contribution in [0.25, 0.3) is 0 Å². The van der Waals surface area contributed by atoms with Gasteiger partial charge in [-0.05, 0) is 38.4 Å². The highest BCUT2D eigenvalue weighted by molar-refractivity contribution is 6.00. The molecule has 2 atom stereocenters. The summed E-state index contributed by atoms with van der Waals surface area (Å²) in [6.07, 6.45) is 3.86. The van der Waals surface area contributed by atoms with Gasteiger partial charge in [-0.15, -0.1) is 0 Å². The second kappa shape index (κ2) is 5.56. The van der Waals surface area contributed by atoms with E-state index in [0.717, 1.165) is 18.8 Å². The van der Waals surface area contributed by atoms with E-state index in [9.17, 15) is 4.79 Å². The molecular weight excluding hydrogens is 264 g/mol. The van der Waals surface area contributed by atoms with Gasteiger partial charge >= 0.3 is 0 Å². The highest BCUT2D eigenvalue weighted by atomic mass is 16.1. The number of fused-ring (bicyclic) bond motifs is 1. The first-order valence-corrected chi connectivity index (χ1v) is 7.77. The molecule has 4 N–H and O–H groups in total. The average Bonchev–Trinajstić information content (AvgIpc) is 2.47. The lowest BCUT2D eigenvalue weighted by Gasteiger charge is -2.48. The van der Waals surface area contributed by atoms with Crippen molar-refractivity contribution in [1.29, 1.82) is 0 Å². The zero-order valence-electron chi connectivity index (χ0n) is 12.6. The van der Waals surface area contributed by atoms with Crippen LogP contribution in [0.4, 0.5) is 11.4 Å². The predicted octanol–water partition coefficient (Wildman–Crippen LogP) is 1.43. The second-order valence-corrected chi connectivity index (χ2v) is 6.25. The first kappa shape index (κ1) is 14.2. The first-order valence-electron chi connectivity index (χ1n) is 7.77. The minimum absolute atomic E-state index is 0.393. The lowest BCUT2D eigenvalue weighted by molar-refractivity contribution is 0.100. The summed E-state index contributed by atoms with van der Waals surface area (Å²) in [5, 5.41) is 0. The third kappa shape index (κ3) is 2.58. The van der Waals surface area contributed by atoms with Gasteiger partial charge in [-0.3, -0.25) is 9.69 Å². The van der Waals surface area contributed by atoms with Crippen molar-refractivity contribution < 1.29 is 4.79 Å². The highest BCUT2D eigenvalue weighted by Crippen LogP contribution is 2.33. The molecule has 114 valence electrons. The summed E-state index contributed by atoms with van der Waals surface area (Å²) < 4.78 is 0. The molecular formula is C16H24N4O. The summed E-state index contributed by atoms with van der Waals surface area (Å²) in [6, 6.07) is 6.56. The Morgan fingerprint density at radius 3 is 2.86 bits per heavy atom. The molecule has 3 rings (SSSR count). The summed E-state index contributed by atoms with van der Waals surface area (Å²) >= 11 is 0. The molecule has 0 saturated carbocycles. The standard InChI is InChI=1S/C16H24N4O/c1-11-9-19-8-3-2-5-12(19)10-20(11)14-7-4-6-13(15(14)17)16(18)21/h4,6-7,11-12H,2-3,5,8-10,17H2,1H3,(H2,18,21). The SMILES string of the molecule is CC1CN2CCCCC2CN1c1cccc(C(N)=O)c1N. The number of para-hydroxylation sites is 1. The summed E-state index contributed by atoms with van der Waals surface area (Å²) in [7, 11) is 0. The molecule has 0 radical (unpaired) electrons. The van der Waals surface area contributed by atoms with Crippen LogP contribution < -0.4 is 16.4 Å². The van der Waals surface area contributed by atoms with Crippen LogP contribution >= 0.6 is 0 Å². The van der Waals surface area contributed by atoms with Crippen molar-refractivity contribution in [2.75, 3.05) is 30.3 Å². The molecule has 1 aromatic rings. The van der Waals surface area contributed by atoms with Crippen molar-refractivity contribution in [2.24, 2.45) is 5.73 Å². The van der Waals surface area contributed by atoms with Gasteiger partial charge in [-0.25, -0.2) is 0 Å². The smallest absolute Gasteiger partial charge is 0.250 e. The van der Waals surface area contributed by atoms with Crippen LogP contribution in [0, 0.1) is 0 Å². The van der Waals surface area contributed by atoms with Gasteiger partial charge < -0.3 is 16.4 Å². The molecule has 5 nitrogen and oxygen atoms in total. The molecule has 0 spiro atoms. The van der Waals surface area contributed by atoms with Gasteiger partial charge in [-0.1, -0.05) is 12.5 Å². The molecule has 2 aliphatic rings. The molecule has 0 aromatic heterocycles. The van der Waals surface area contributed by atoms with E-state index in [1.165, 1.54) is 25.8 Å². The Hall–Kier alpha value is -1.75. The number of nitrogen functional groups attached to an aromatic ring is 1.